The molecule has 1 amide bonds. The van der Waals surface area contributed by atoms with Gasteiger partial charge in [0.15, 0.2) is 0 Å². The van der Waals surface area contributed by atoms with Crippen molar-refractivity contribution < 1.29 is 18.0 Å². The van der Waals surface area contributed by atoms with Gasteiger partial charge in [-0.3, -0.25) is 4.79 Å². The van der Waals surface area contributed by atoms with E-state index in [2.05, 4.69) is 34.1 Å². The number of hydrogen-bond donors (Lipinski definition) is 1. The first kappa shape index (κ1) is 20.1. The van der Waals surface area contributed by atoms with Gasteiger partial charge in [-0.1, -0.05) is 42.5 Å². The zero-order chi connectivity index (χ0) is 22.6. The van der Waals surface area contributed by atoms with Crippen LogP contribution < -0.4 is 5.32 Å². The minimum atomic E-state index is -4.46. The molecular formula is C26H19F3N2O. The third-order valence-corrected chi connectivity index (χ3v) is 5.91. The number of fused-ring (bicyclic) bond motifs is 2. The second kappa shape index (κ2) is 7.12. The lowest BCUT2D eigenvalue weighted by Gasteiger charge is -2.13. The molecule has 0 spiro atoms. The van der Waals surface area contributed by atoms with Gasteiger partial charge in [-0.25, -0.2) is 0 Å². The monoisotopic (exact) mass is 432 g/mol. The van der Waals surface area contributed by atoms with E-state index in [0.717, 1.165) is 45.5 Å². The highest BCUT2D eigenvalue weighted by Gasteiger charge is 2.33. The lowest BCUT2D eigenvalue weighted by Crippen LogP contribution is -2.06. The van der Waals surface area contributed by atoms with Gasteiger partial charge in [-0.15, -0.1) is 0 Å². The zero-order valence-corrected chi connectivity index (χ0v) is 17.4. The van der Waals surface area contributed by atoms with Crippen LogP contribution in [-0.4, -0.2) is 10.5 Å². The summed E-state index contributed by atoms with van der Waals surface area (Å²) in [6.45, 7) is 3.97. The lowest BCUT2D eigenvalue weighted by molar-refractivity contribution is -0.137. The highest BCUT2D eigenvalue weighted by molar-refractivity contribution is 6.35. The molecule has 0 saturated heterocycles. The fraction of sp³-hybridized carbons (Fsp3) is 0.115. The van der Waals surface area contributed by atoms with E-state index in [0.29, 0.717) is 11.1 Å². The van der Waals surface area contributed by atoms with Crippen molar-refractivity contribution in [2.24, 2.45) is 0 Å². The molecule has 1 aliphatic heterocycles. The third-order valence-electron chi connectivity index (χ3n) is 5.91. The molecular weight excluding hydrogens is 413 g/mol. The largest absolute Gasteiger partial charge is 0.416 e. The van der Waals surface area contributed by atoms with E-state index >= 15 is 0 Å². The maximum Gasteiger partial charge on any atom is 0.416 e. The first-order valence-electron chi connectivity index (χ1n) is 10.2. The molecule has 0 atom stereocenters. The van der Waals surface area contributed by atoms with E-state index in [9.17, 15) is 18.0 Å². The number of carbonyl (C=O) groups excluding carboxylic acids is 1. The quantitative estimate of drug-likeness (QED) is 0.349. The minimum absolute atomic E-state index is 0.180. The Kier molecular flexibility index (Phi) is 4.48. The van der Waals surface area contributed by atoms with Gasteiger partial charge in [0.1, 0.15) is 0 Å². The van der Waals surface area contributed by atoms with Crippen LogP contribution in [-0.2, 0) is 11.0 Å². The Morgan fingerprint density at radius 1 is 0.938 bits per heavy atom. The molecule has 5 rings (SSSR count). The van der Waals surface area contributed by atoms with Crippen molar-refractivity contribution in [2.45, 2.75) is 20.0 Å². The van der Waals surface area contributed by atoms with Gasteiger partial charge in [0, 0.05) is 33.6 Å². The summed E-state index contributed by atoms with van der Waals surface area (Å²) in [5.41, 5.74) is 4.04. The highest BCUT2D eigenvalue weighted by atomic mass is 19.4. The first-order valence-corrected chi connectivity index (χ1v) is 10.2. The van der Waals surface area contributed by atoms with Crippen molar-refractivity contribution in [3.8, 4) is 5.69 Å². The van der Waals surface area contributed by atoms with E-state index < -0.39 is 17.6 Å². The smallest absolute Gasteiger partial charge is 0.321 e. The summed E-state index contributed by atoms with van der Waals surface area (Å²) < 4.78 is 41.3. The van der Waals surface area contributed by atoms with Crippen LogP contribution >= 0.6 is 0 Å². The Balaban J connectivity index is 1.62. The van der Waals surface area contributed by atoms with Crippen molar-refractivity contribution in [1.82, 2.24) is 4.57 Å². The summed E-state index contributed by atoms with van der Waals surface area (Å²) in [4.78, 5) is 12.6. The Morgan fingerprint density at radius 2 is 1.69 bits per heavy atom. The van der Waals surface area contributed by atoms with Gasteiger partial charge in [-0.2, -0.15) is 13.2 Å². The van der Waals surface area contributed by atoms with E-state index in [1.165, 1.54) is 6.07 Å². The van der Waals surface area contributed by atoms with Gasteiger partial charge in [0.05, 0.1) is 11.3 Å². The Bertz CT molecular complexity index is 1420. The highest BCUT2D eigenvalue weighted by Crippen LogP contribution is 2.39. The maximum atomic E-state index is 13.0. The molecule has 3 aromatic carbocycles. The van der Waals surface area contributed by atoms with Crippen LogP contribution in [0.15, 0.2) is 66.7 Å². The number of nitrogens with zero attached hydrogens (tertiary/aromatic N) is 1. The van der Waals surface area contributed by atoms with Crippen LogP contribution in [0.25, 0.3) is 28.1 Å². The van der Waals surface area contributed by atoms with Crippen LogP contribution in [0.4, 0.5) is 18.9 Å². The molecule has 0 unspecified atom stereocenters. The number of carbonyl (C=O) groups is 1. The molecule has 160 valence electrons. The fourth-order valence-corrected chi connectivity index (χ4v) is 4.38. The first-order chi connectivity index (χ1) is 15.2. The molecule has 0 saturated carbocycles. The second-order valence-electron chi connectivity index (χ2n) is 7.93. The molecule has 0 bridgehead atoms. The van der Waals surface area contributed by atoms with Crippen molar-refractivity contribution in [3.05, 3.63) is 94.8 Å². The second-order valence-corrected chi connectivity index (χ2v) is 7.93. The lowest BCUT2D eigenvalue weighted by atomic mass is 10.0. The van der Waals surface area contributed by atoms with Crippen molar-refractivity contribution in [3.63, 3.8) is 0 Å². The summed E-state index contributed by atoms with van der Waals surface area (Å²) in [5.74, 6) is -0.408. The van der Waals surface area contributed by atoms with Crippen molar-refractivity contribution in [2.75, 3.05) is 5.32 Å². The SMILES string of the molecule is Cc1cc(/C=C2/C(=O)Nc3cc(C(F)(F)F)ccc32)c(C)n1-c1cccc2ccccc12. The normalized spacial score (nSPS) is 14.8. The summed E-state index contributed by atoms with van der Waals surface area (Å²) >= 11 is 0. The molecule has 0 aliphatic carbocycles. The van der Waals surface area contributed by atoms with Crippen molar-refractivity contribution >= 4 is 34.0 Å². The van der Waals surface area contributed by atoms with Crippen LogP contribution in [0.2, 0.25) is 0 Å². The average molecular weight is 432 g/mol. The molecule has 3 nitrogen and oxygen atoms in total. The number of hydrogen-bond acceptors (Lipinski definition) is 1. The standard InChI is InChI=1S/C26H19F3N2O/c1-15-12-18(16(2)31(15)24-9-5-7-17-6-3-4-8-20(17)24)13-22-21-11-10-19(26(27,28)29)14-23(21)30-25(22)32/h3-14H,1-2H3,(H,30,32)/b22-13+. The number of amides is 1. The van der Waals surface area contributed by atoms with Crippen LogP contribution in [0.5, 0.6) is 0 Å². The third kappa shape index (κ3) is 3.19. The number of nitrogens with one attached hydrogen (secondary N) is 1. The predicted octanol–water partition coefficient (Wildman–Crippen LogP) is 6.76. The van der Waals surface area contributed by atoms with Crippen LogP contribution in [0.1, 0.15) is 28.1 Å². The maximum absolute atomic E-state index is 13.0. The predicted molar refractivity (Wildman–Crippen MR) is 121 cm³/mol. The summed E-state index contributed by atoms with van der Waals surface area (Å²) in [6.07, 6.45) is -2.71. The number of anilines is 1. The van der Waals surface area contributed by atoms with E-state index in [1.807, 2.05) is 38.1 Å². The molecule has 0 fully saturated rings. The summed E-state index contributed by atoms with van der Waals surface area (Å²) in [7, 11) is 0. The number of halogens is 3. The van der Waals surface area contributed by atoms with Gasteiger partial charge in [0.2, 0.25) is 0 Å². The molecule has 0 radical (unpaired) electrons. The zero-order valence-electron chi connectivity index (χ0n) is 17.4. The molecule has 1 aliphatic rings. The fourth-order valence-electron chi connectivity index (χ4n) is 4.38. The number of alkyl halides is 3. The molecule has 32 heavy (non-hydrogen) atoms. The van der Waals surface area contributed by atoms with E-state index in [4.69, 9.17) is 0 Å². The van der Waals surface area contributed by atoms with E-state index in [1.54, 1.807) is 6.08 Å². The van der Waals surface area contributed by atoms with Crippen molar-refractivity contribution in [1.29, 1.82) is 0 Å². The molecule has 1 aromatic heterocycles. The number of aryl methyl sites for hydroxylation is 1. The average Bonchev–Trinajstić information content (AvgIpc) is 3.22. The molecule has 2 heterocycles. The molecule has 1 N–H and O–H groups in total. The Labute approximate surface area is 182 Å². The van der Waals surface area contributed by atoms with Gasteiger partial charge < -0.3 is 9.88 Å². The number of aromatic nitrogens is 1. The van der Waals surface area contributed by atoms with E-state index in [-0.39, 0.29) is 5.69 Å². The summed E-state index contributed by atoms with van der Waals surface area (Å²) in [6, 6.07) is 19.6. The van der Waals surface area contributed by atoms with Crippen LogP contribution in [0, 0.1) is 13.8 Å². The van der Waals surface area contributed by atoms with Gasteiger partial charge in [0.25, 0.3) is 5.91 Å². The number of benzene rings is 3. The number of rotatable bonds is 2. The van der Waals surface area contributed by atoms with Gasteiger partial charge >= 0.3 is 6.18 Å². The molecule has 4 aromatic rings. The minimum Gasteiger partial charge on any atom is -0.321 e. The Morgan fingerprint density at radius 3 is 2.47 bits per heavy atom. The molecule has 6 heteroatoms. The van der Waals surface area contributed by atoms with Crippen LogP contribution in [0.3, 0.4) is 0 Å². The topological polar surface area (TPSA) is 34.0 Å². The van der Waals surface area contributed by atoms with Gasteiger partial charge in [-0.05, 0) is 55.1 Å². The summed E-state index contributed by atoms with van der Waals surface area (Å²) in [5, 5.41) is 4.80. The Hall–Kier alpha value is -3.80.